The number of nitrogens with one attached hydrogen (secondary N) is 1. The van der Waals surface area contributed by atoms with Gasteiger partial charge >= 0.3 is 0 Å². The number of aromatic nitrogens is 2. The van der Waals surface area contributed by atoms with Gasteiger partial charge < -0.3 is 14.5 Å². The van der Waals surface area contributed by atoms with Crippen LogP contribution in [0.15, 0.2) is 46.3 Å². The van der Waals surface area contributed by atoms with Gasteiger partial charge in [0, 0.05) is 11.6 Å². The number of thioether (sulfide) groups is 1. The van der Waals surface area contributed by atoms with Gasteiger partial charge in [0.2, 0.25) is 0 Å². The Balaban J connectivity index is 1.96. The summed E-state index contributed by atoms with van der Waals surface area (Å²) in [5.74, 6) is 0.693. The molecule has 0 aliphatic heterocycles. The van der Waals surface area contributed by atoms with E-state index in [0.29, 0.717) is 27.8 Å². The fourth-order valence-corrected chi connectivity index (χ4v) is 3.29. The summed E-state index contributed by atoms with van der Waals surface area (Å²) < 4.78 is 11.2. The zero-order valence-electron chi connectivity index (χ0n) is 17.0. The van der Waals surface area contributed by atoms with E-state index in [2.05, 4.69) is 9.97 Å². The molecule has 10 heteroatoms. The van der Waals surface area contributed by atoms with Crippen LogP contribution in [0.1, 0.15) is 16.7 Å². The number of hydrogen-bond acceptors (Lipinski definition) is 8. The second-order valence-electron chi connectivity index (χ2n) is 6.45. The molecule has 0 fully saturated rings. The zero-order valence-corrected chi connectivity index (χ0v) is 17.8. The predicted molar refractivity (Wildman–Crippen MR) is 116 cm³/mol. The molecule has 0 saturated heterocycles. The third-order valence-electron chi connectivity index (χ3n) is 4.46. The number of nitrogens with zero attached hydrogens (tertiary/aromatic N) is 3. The summed E-state index contributed by atoms with van der Waals surface area (Å²) in [6.07, 6.45) is 1.76. The normalized spacial score (nSPS) is 10.4. The Kier molecular flexibility index (Phi) is 6.57. The Bertz CT molecular complexity index is 1250. The van der Waals surface area contributed by atoms with Crippen LogP contribution in [0, 0.1) is 28.4 Å². The van der Waals surface area contributed by atoms with Gasteiger partial charge in [-0.2, -0.15) is 5.26 Å². The molecule has 0 aliphatic rings. The van der Waals surface area contributed by atoms with Gasteiger partial charge in [0.15, 0.2) is 16.7 Å². The number of aryl methyl sites for hydroxylation is 1. The van der Waals surface area contributed by atoms with Crippen molar-refractivity contribution >= 4 is 17.4 Å². The standard InChI is InChI=1S/C21H18N4O5S/c1-12-4-5-14(16(8-12)25(27)28)11-30-17-7-6-13(9-18(17)29-2)19-15(10-22)20(26)24-21(23-19)31-3/h4-9H,11H2,1-3H3,(H,23,24,26). The Morgan fingerprint density at radius 2 is 2.03 bits per heavy atom. The number of rotatable bonds is 7. The molecule has 0 atom stereocenters. The van der Waals surface area contributed by atoms with Crippen LogP contribution in [0.3, 0.4) is 0 Å². The molecule has 1 N–H and O–H groups in total. The molecule has 2 aromatic carbocycles. The van der Waals surface area contributed by atoms with Crippen LogP contribution < -0.4 is 15.0 Å². The molecule has 0 saturated carbocycles. The van der Waals surface area contributed by atoms with Gasteiger partial charge in [-0.25, -0.2) is 4.98 Å². The molecule has 0 spiro atoms. The van der Waals surface area contributed by atoms with Crippen molar-refractivity contribution in [2.75, 3.05) is 13.4 Å². The summed E-state index contributed by atoms with van der Waals surface area (Å²) >= 11 is 1.25. The van der Waals surface area contributed by atoms with E-state index in [0.717, 1.165) is 5.56 Å². The number of aromatic amines is 1. The molecule has 0 bridgehead atoms. The largest absolute Gasteiger partial charge is 0.493 e. The van der Waals surface area contributed by atoms with Crippen molar-refractivity contribution in [1.29, 1.82) is 5.26 Å². The van der Waals surface area contributed by atoms with Crippen molar-refractivity contribution in [3.8, 4) is 28.8 Å². The molecule has 1 heterocycles. The number of hydrogen-bond donors (Lipinski definition) is 1. The van der Waals surface area contributed by atoms with Crippen molar-refractivity contribution in [1.82, 2.24) is 9.97 Å². The van der Waals surface area contributed by atoms with E-state index in [1.807, 2.05) is 6.07 Å². The van der Waals surface area contributed by atoms with E-state index in [1.165, 1.54) is 24.9 Å². The maximum Gasteiger partial charge on any atom is 0.276 e. The second-order valence-corrected chi connectivity index (χ2v) is 7.25. The first kappa shape index (κ1) is 21.9. The van der Waals surface area contributed by atoms with Crippen LogP contribution in [0.25, 0.3) is 11.3 Å². The first-order valence-electron chi connectivity index (χ1n) is 9.01. The number of nitriles is 1. The van der Waals surface area contributed by atoms with Crippen molar-refractivity contribution in [3.63, 3.8) is 0 Å². The number of ether oxygens (including phenoxy) is 2. The monoisotopic (exact) mass is 438 g/mol. The van der Waals surface area contributed by atoms with Gasteiger partial charge in [-0.1, -0.05) is 17.8 Å². The highest BCUT2D eigenvalue weighted by Crippen LogP contribution is 2.34. The van der Waals surface area contributed by atoms with E-state index in [-0.39, 0.29) is 23.6 Å². The van der Waals surface area contributed by atoms with Gasteiger partial charge in [0.25, 0.3) is 11.2 Å². The lowest BCUT2D eigenvalue weighted by atomic mass is 10.1. The van der Waals surface area contributed by atoms with Crippen LogP contribution in [0.4, 0.5) is 5.69 Å². The smallest absolute Gasteiger partial charge is 0.276 e. The Hall–Kier alpha value is -3.84. The Labute approximate surface area is 181 Å². The van der Waals surface area contributed by atoms with Gasteiger partial charge in [-0.15, -0.1) is 0 Å². The number of H-pyrrole nitrogens is 1. The summed E-state index contributed by atoms with van der Waals surface area (Å²) in [4.78, 5) is 29.9. The second kappa shape index (κ2) is 9.32. The topological polar surface area (TPSA) is 131 Å². The molecule has 0 unspecified atom stereocenters. The molecular formula is C21H18N4O5S. The third kappa shape index (κ3) is 4.67. The van der Waals surface area contributed by atoms with Gasteiger partial charge in [-0.3, -0.25) is 14.9 Å². The Morgan fingerprint density at radius 3 is 2.68 bits per heavy atom. The highest BCUT2D eigenvalue weighted by atomic mass is 32.2. The van der Waals surface area contributed by atoms with Gasteiger partial charge in [0.1, 0.15) is 18.2 Å². The molecule has 3 rings (SSSR count). The predicted octanol–water partition coefficient (Wildman–Crippen LogP) is 3.83. The molecule has 31 heavy (non-hydrogen) atoms. The fraction of sp³-hybridized carbons (Fsp3) is 0.190. The maximum atomic E-state index is 12.2. The summed E-state index contributed by atoms with van der Waals surface area (Å²) in [6, 6.07) is 11.7. The van der Waals surface area contributed by atoms with Gasteiger partial charge in [0.05, 0.1) is 23.3 Å². The summed E-state index contributed by atoms with van der Waals surface area (Å²) in [5.41, 5.74) is 1.28. The van der Waals surface area contributed by atoms with E-state index < -0.39 is 10.5 Å². The van der Waals surface area contributed by atoms with Gasteiger partial charge in [-0.05, 0) is 43.0 Å². The van der Waals surface area contributed by atoms with E-state index in [9.17, 15) is 20.2 Å². The number of methoxy groups -OCH3 is 1. The minimum Gasteiger partial charge on any atom is -0.493 e. The Morgan fingerprint density at radius 1 is 1.26 bits per heavy atom. The van der Waals surface area contributed by atoms with E-state index in [1.54, 1.807) is 43.5 Å². The molecule has 0 amide bonds. The molecule has 0 radical (unpaired) electrons. The molecule has 9 nitrogen and oxygen atoms in total. The zero-order chi connectivity index (χ0) is 22.5. The molecule has 158 valence electrons. The van der Waals surface area contributed by atoms with E-state index >= 15 is 0 Å². The number of benzene rings is 2. The fourth-order valence-electron chi connectivity index (χ4n) is 2.92. The average Bonchev–Trinajstić information content (AvgIpc) is 2.77. The molecule has 3 aromatic rings. The summed E-state index contributed by atoms with van der Waals surface area (Å²) in [7, 11) is 1.45. The summed E-state index contributed by atoms with van der Waals surface area (Å²) in [5, 5.41) is 21.1. The SMILES string of the molecule is COc1cc(-c2nc(SC)[nH]c(=O)c2C#N)ccc1OCc1ccc(C)cc1[N+](=O)[O-]. The lowest BCUT2D eigenvalue weighted by Gasteiger charge is -2.13. The molecule has 0 aliphatic carbocycles. The van der Waals surface area contributed by atoms with Crippen molar-refractivity contribution in [2.24, 2.45) is 0 Å². The number of nitro benzene ring substituents is 1. The van der Waals surface area contributed by atoms with Crippen LogP contribution in [-0.2, 0) is 6.61 Å². The first-order valence-corrected chi connectivity index (χ1v) is 10.2. The summed E-state index contributed by atoms with van der Waals surface area (Å²) in [6.45, 7) is 1.75. The average molecular weight is 438 g/mol. The van der Waals surface area contributed by atoms with Crippen molar-refractivity contribution in [3.05, 3.63) is 73.6 Å². The van der Waals surface area contributed by atoms with E-state index in [4.69, 9.17) is 9.47 Å². The number of nitro groups is 1. The van der Waals surface area contributed by atoms with Crippen molar-refractivity contribution in [2.45, 2.75) is 18.7 Å². The van der Waals surface area contributed by atoms with Crippen molar-refractivity contribution < 1.29 is 14.4 Å². The highest BCUT2D eigenvalue weighted by Gasteiger charge is 2.18. The lowest BCUT2D eigenvalue weighted by Crippen LogP contribution is -2.14. The first-order chi connectivity index (χ1) is 14.9. The highest BCUT2D eigenvalue weighted by molar-refractivity contribution is 7.98. The quantitative estimate of drug-likeness (QED) is 0.255. The van der Waals surface area contributed by atoms with Crippen LogP contribution in [0.2, 0.25) is 0 Å². The molecular weight excluding hydrogens is 420 g/mol. The maximum absolute atomic E-state index is 12.2. The molecule has 1 aromatic heterocycles. The lowest BCUT2D eigenvalue weighted by molar-refractivity contribution is -0.385. The van der Waals surface area contributed by atoms with Crippen LogP contribution in [0.5, 0.6) is 11.5 Å². The van der Waals surface area contributed by atoms with Crippen LogP contribution >= 0.6 is 11.8 Å². The van der Waals surface area contributed by atoms with Crippen LogP contribution in [-0.4, -0.2) is 28.3 Å². The minimum absolute atomic E-state index is 0.0217. The third-order valence-corrected chi connectivity index (χ3v) is 5.04. The minimum atomic E-state index is -0.525.